The average Bonchev–Trinajstić information content (AvgIpc) is 3.01. The molecule has 1 saturated heterocycles. The number of carbonyl (C=O) groups is 2. The second kappa shape index (κ2) is 7.26. The lowest BCUT2D eigenvalue weighted by atomic mass is 9.86. The number of alkyl halides is 3. The Labute approximate surface area is 141 Å². The van der Waals surface area contributed by atoms with E-state index in [9.17, 15) is 22.8 Å². The van der Waals surface area contributed by atoms with Gasteiger partial charge in [-0.2, -0.15) is 13.2 Å². The van der Waals surface area contributed by atoms with Crippen LogP contribution in [0.5, 0.6) is 5.88 Å². The maximum Gasteiger partial charge on any atom is 0.406 e. The molecule has 0 aliphatic carbocycles. The maximum atomic E-state index is 13.2. The number of carboxylic acids is 1. The van der Waals surface area contributed by atoms with Crippen LogP contribution in [0.4, 0.5) is 13.2 Å². The van der Waals surface area contributed by atoms with Gasteiger partial charge in [-0.3, -0.25) is 9.59 Å². The van der Waals surface area contributed by atoms with Gasteiger partial charge < -0.3 is 19.5 Å². The Morgan fingerprint density at radius 1 is 1.40 bits per heavy atom. The summed E-state index contributed by atoms with van der Waals surface area (Å²) in [5, 5.41) is 9.03. The number of pyridine rings is 1. The minimum absolute atomic E-state index is 0.0748. The van der Waals surface area contributed by atoms with Gasteiger partial charge in [-0.1, -0.05) is 0 Å². The largest absolute Gasteiger partial charge is 0.481 e. The van der Waals surface area contributed by atoms with E-state index in [1.165, 1.54) is 25.4 Å². The molecule has 2 rings (SSSR count). The number of carbonyl (C=O) groups excluding carboxylic acids is 1. The molecule has 2 heterocycles. The van der Waals surface area contributed by atoms with E-state index >= 15 is 0 Å². The molecule has 0 aromatic carbocycles. The molecule has 138 valence electrons. The van der Waals surface area contributed by atoms with Gasteiger partial charge in [0, 0.05) is 38.0 Å². The Balaban J connectivity index is 2.14. The number of aliphatic carboxylic acids is 1. The van der Waals surface area contributed by atoms with Gasteiger partial charge in [0.25, 0.3) is 5.91 Å². The summed E-state index contributed by atoms with van der Waals surface area (Å²) in [6.07, 6.45) is -4.33. The number of rotatable bonds is 6. The lowest BCUT2D eigenvalue weighted by Gasteiger charge is -2.27. The summed E-state index contributed by atoms with van der Waals surface area (Å²) in [6.45, 7) is -0.723. The zero-order valence-corrected chi connectivity index (χ0v) is 13.4. The summed E-state index contributed by atoms with van der Waals surface area (Å²) >= 11 is 0. The molecule has 1 aromatic rings. The van der Waals surface area contributed by atoms with Crippen molar-refractivity contribution in [1.82, 2.24) is 9.88 Å². The third-order valence-electron chi connectivity index (χ3n) is 4.03. The van der Waals surface area contributed by atoms with Crippen LogP contribution in [0.15, 0.2) is 18.3 Å². The summed E-state index contributed by atoms with van der Waals surface area (Å²) < 4.78 is 49.6. The first-order valence-corrected chi connectivity index (χ1v) is 7.38. The number of hydrogen-bond acceptors (Lipinski definition) is 5. The van der Waals surface area contributed by atoms with Gasteiger partial charge >= 0.3 is 12.1 Å². The average molecular weight is 362 g/mol. The zero-order chi connectivity index (χ0) is 18.7. The van der Waals surface area contributed by atoms with Gasteiger partial charge in [0.2, 0.25) is 5.88 Å². The lowest BCUT2D eigenvalue weighted by molar-refractivity contribution is -0.227. The summed E-state index contributed by atoms with van der Waals surface area (Å²) in [6, 6.07) is 2.63. The molecule has 1 N–H and O–H groups in total. The lowest BCUT2D eigenvalue weighted by Crippen LogP contribution is -2.47. The van der Waals surface area contributed by atoms with Gasteiger partial charge in [0.15, 0.2) is 5.41 Å². The highest BCUT2D eigenvalue weighted by Gasteiger charge is 2.64. The summed E-state index contributed by atoms with van der Waals surface area (Å²) in [5.74, 6) is -2.55. The fraction of sp³-hybridized carbons (Fsp3) is 0.533. The molecule has 25 heavy (non-hydrogen) atoms. The third-order valence-corrected chi connectivity index (χ3v) is 4.03. The van der Waals surface area contributed by atoms with E-state index in [-0.39, 0.29) is 24.6 Å². The summed E-state index contributed by atoms with van der Waals surface area (Å²) in [4.78, 5) is 28.4. The van der Waals surface area contributed by atoms with Gasteiger partial charge in [0.1, 0.15) is 6.61 Å². The number of amides is 1. The fourth-order valence-corrected chi connectivity index (χ4v) is 2.54. The minimum Gasteiger partial charge on any atom is -0.481 e. The van der Waals surface area contributed by atoms with Crippen LogP contribution in [-0.4, -0.2) is 66.5 Å². The van der Waals surface area contributed by atoms with Crippen molar-refractivity contribution in [3.8, 4) is 5.88 Å². The van der Waals surface area contributed by atoms with Crippen molar-refractivity contribution in [2.75, 3.05) is 33.4 Å². The van der Waals surface area contributed by atoms with Crippen molar-refractivity contribution in [1.29, 1.82) is 0 Å². The van der Waals surface area contributed by atoms with Crippen molar-refractivity contribution in [2.45, 2.75) is 12.6 Å². The Morgan fingerprint density at radius 2 is 2.12 bits per heavy atom. The molecular formula is C15H17F3N2O5. The molecule has 1 fully saturated rings. The van der Waals surface area contributed by atoms with Crippen molar-refractivity contribution >= 4 is 11.9 Å². The van der Waals surface area contributed by atoms with Gasteiger partial charge in [-0.15, -0.1) is 0 Å². The predicted molar refractivity (Wildman–Crippen MR) is 78.3 cm³/mol. The van der Waals surface area contributed by atoms with E-state index in [0.717, 1.165) is 4.90 Å². The second-order valence-corrected chi connectivity index (χ2v) is 5.59. The topological polar surface area (TPSA) is 89.0 Å². The molecule has 0 spiro atoms. The quantitative estimate of drug-likeness (QED) is 0.773. The van der Waals surface area contributed by atoms with Crippen LogP contribution in [0.1, 0.15) is 16.8 Å². The SMILES string of the molecule is COCCOc1cc(C(=O)N2CCC(C(=O)O)(C(F)(F)F)C2)ccn1. The molecular weight excluding hydrogens is 345 g/mol. The molecule has 1 atom stereocenters. The number of halogens is 3. The first-order chi connectivity index (χ1) is 11.7. The van der Waals surface area contributed by atoms with E-state index < -0.39 is 36.4 Å². The highest BCUT2D eigenvalue weighted by atomic mass is 19.4. The number of nitrogens with zero attached hydrogens (tertiary/aromatic N) is 2. The van der Waals surface area contributed by atoms with Crippen LogP contribution in [-0.2, 0) is 9.53 Å². The number of aromatic nitrogens is 1. The highest BCUT2D eigenvalue weighted by molar-refractivity contribution is 5.95. The molecule has 1 amide bonds. The van der Waals surface area contributed by atoms with Crippen LogP contribution >= 0.6 is 0 Å². The molecule has 1 aliphatic rings. The van der Waals surface area contributed by atoms with Gasteiger partial charge in [0.05, 0.1) is 6.61 Å². The van der Waals surface area contributed by atoms with E-state index in [0.29, 0.717) is 6.61 Å². The van der Waals surface area contributed by atoms with E-state index in [2.05, 4.69) is 4.98 Å². The molecule has 10 heteroatoms. The van der Waals surface area contributed by atoms with Crippen LogP contribution in [0.2, 0.25) is 0 Å². The molecule has 1 aliphatic heterocycles. The number of hydrogen-bond donors (Lipinski definition) is 1. The number of likely N-dealkylation sites (tertiary alicyclic amines) is 1. The van der Waals surface area contributed by atoms with Crippen molar-refractivity contribution in [3.63, 3.8) is 0 Å². The van der Waals surface area contributed by atoms with Crippen molar-refractivity contribution in [2.24, 2.45) is 5.41 Å². The first kappa shape index (κ1) is 19.0. The fourth-order valence-electron chi connectivity index (χ4n) is 2.54. The van der Waals surface area contributed by atoms with E-state index in [1.54, 1.807) is 0 Å². The molecule has 1 aromatic heterocycles. The standard InChI is InChI=1S/C15H17F3N2O5/c1-24-6-7-25-11-8-10(2-4-19-11)12(21)20-5-3-14(9-20,13(22)23)15(16,17)18/h2,4,8H,3,5-7,9H2,1H3,(H,22,23). The van der Waals surface area contributed by atoms with Crippen LogP contribution in [0.25, 0.3) is 0 Å². The van der Waals surface area contributed by atoms with Crippen molar-refractivity contribution < 1.29 is 37.3 Å². The molecule has 1 unspecified atom stereocenters. The van der Waals surface area contributed by atoms with Crippen LogP contribution in [0.3, 0.4) is 0 Å². The highest BCUT2D eigenvalue weighted by Crippen LogP contribution is 2.46. The Bertz CT molecular complexity index is 652. The Morgan fingerprint density at radius 3 is 2.68 bits per heavy atom. The maximum absolute atomic E-state index is 13.2. The molecule has 0 saturated carbocycles. The van der Waals surface area contributed by atoms with E-state index in [4.69, 9.17) is 14.6 Å². The molecule has 0 bridgehead atoms. The summed E-state index contributed by atoms with van der Waals surface area (Å²) in [7, 11) is 1.49. The third kappa shape index (κ3) is 3.84. The van der Waals surface area contributed by atoms with E-state index in [1.807, 2.05) is 0 Å². The van der Waals surface area contributed by atoms with Crippen molar-refractivity contribution in [3.05, 3.63) is 23.9 Å². The predicted octanol–water partition coefficient (Wildman–Crippen LogP) is 1.59. The molecule has 7 nitrogen and oxygen atoms in total. The number of methoxy groups -OCH3 is 1. The van der Waals surface area contributed by atoms with Crippen LogP contribution in [0, 0.1) is 5.41 Å². The number of ether oxygens (including phenoxy) is 2. The smallest absolute Gasteiger partial charge is 0.406 e. The Kier molecular flexibility index (Phi) is 5.51. The Hall–Kier alpha value is -2.36. The normalized spacial score (nSPS) is 20.6. The number of carboxylic acid groups (broad SMARTS) is 1. The second-order valence-electron chi connectivity index (χ2n) is 5.59. The van der Waals surface area contributed by atoms with Gasteiger partial charge in [-0.05, 0) is 12.5 Å². The van der Waals surface area contributed by atoms with Crippen LogP contribution < -0.4 is 4.74 Å². The van der Waals surface area contributed by atoms with Gasteiger partial charge in [-0.25, -0.2) is 4.98 Å². The summed E-state index contributed by atoms with van der Waals surface area (Å²) in [5.41, 5.74) is -2.86. The zero-order valence-electron chi connectivity index (χ0n) is 13.4. The minimum atomic E-state index is -4.94. The monoisotopic (exact) mass is 362 g/mol. The molecule has 0 radical (unpaired) electrons. The first-order valence-electron chi connectivity index (χ1n) is 7.38.